The molecule has 1 aromatic carbocycles. The highest BCUT2D eigenvalue weighted by atomic mass is 16.5. The number of para-hydroxylation sites is 1. The second-order valence-electron chi connectivity index (χ2n) is 5.64. The molecule has 0 bridgehead atoms. The Morgan fingerprint density at radius 1 is 1.35 bits per heavy atom. The van der Waals surface area contributed by atoms with Crippen molar-refractivity contribution in [2.75, 3.05) is 0 Å². The summed E-state index contributed by atoms with van der Waals surface area (Å²) >= 11 is 0. The molecule has 106 valence electrons. The molecular formula is C17H22N2O. The van der Waals surface area contributed by atoms with Crippen LogP contribution in [0.15, 0.2) is 42.7 Å². The summed E-state index contributed by atoms with van der Waals surface area (Å²) in [5.41, 5.74) is 8.63. The van der Waals surface area contributed by atoms with Gasteiger partial charge in [-0.25, -0.2) is 0 Å². The van der Waals surface area contributed by atoms with E-state index in [-0.39, 0.29) is 12.1 Å². The molecule has 1 aliphatic rings. The molecule has 0 fully saturated rings. The maximum Gasteiger partial charge on any atom is 0.123 e. The fourth-order valence-electron chi connectivity index (χ4n) is 2.76. The van der Waals surface area contributed by atoms with Crippen LogP contribution in [0.1, 0.15) is 24.5 Å². The highest BCUT2D eigenvalue weighted by molar-refractivity contribution is 5.37. The van der Waals surface area contributed by atoms with Gasteiger partial charge in [-0.05, 0) is 36.1 Å². The van der Waals surface area contributed by atoms with Crippen LogP contribution in [0.2, 0.25) is 0 Å². The predicted molar refractivity (Wildman–Crippen MR) is 81.0 cm³/mol. The van der Waals surface area contributed by atoms with Gasteiger partial charge in [-0.3, -0.25) is 0 Å². The molecule has 2 unspecified atom stereocenters. The highest BCUT2D eigenvalue weighted by Gasteiger charge is 2.22. The van der Waals surface area contributed by atoms with Crippen molar-refractivity contribution < 1.29 is 4.74 Å². The molecule has 0 aliphatic carbocycles. The van der Waals surface area contributed by atoms with Crippen LogP contribution >= 0.6 is 0 Å². The highest BCUT2D eigenvalue weighted by Crippen LogP contribution is 2.28. The molecule has 20 heavy (non-hydrogen) atoms. The number of hydrogen-bond donors (Lipinski definition) is 1. The van der Waals surface area contributed by atoms with Crippen LogP contribution in [0, 0.1) is 0 Å². The minimum atomic E-state index is 0.243. The Morgan fingerprint density at radius 2 is 2.20 bits per heavy atom. The van der Waals surface area contributed by atoms with Crippen LogP contribution in [0.3, 0.4) is 0 Å². The Kier molecular flexibility index (Phi) is 3.79. The van der Waals surface area contributed by atoms with Gasteiger partial charge in [-0.2, -0.15) is 0 Å². The van der Waals surface area contributed by atoms with Gasteiger partial charge in [0, 0.05) is 24.9 Å². The van der Waals surface area contributed by atoms with E-state index in [0.29, 0.717) is 0 Å². The van der Waals surface area contributed by atoms with E-state index in [1.165, 1.54) is 11.1 Å². The molecule has 2 heterocycles. The zero-order chi connectivity index (χ0) is 13.9. The number of fused-ring (bicyclic) bond motifs is 1. The van der Waals surface area contributed by atoms with Gasteiger partial charge in [0.15, 0.2) is 0 Å². The lowest BCUT2D eigenvalue weighted by Crippen LogP contribution is -2.21. The summed E-state index contributed by atoms with van der Waals surface area (Å²) in [7, 11) is 0. The molecule has 0 radical (unpaired) electrons. The van der Waals surface area contributed by atoms with Crippen LogP contribution in [0.4, 0.5) is 0 Å². The van der Waals surface area contributed by atoms with E-state index in [1.54, 1.807) is 0 Å². The number of nitrogens with two attached hydrogens (primary N) is 1. The van der Waals surface area contributed by atoms with Gasteiger partial charge in [0.25, 0.3) is 0 Å². The molecule has 0 amide bonds. The zero-order valence-corrected chi connectivity index (χ0v) is 12.0. The number of benzene rings is 1. The topological polar surface area (TPSA) is 40.2 Å². The van der Waals surface area contributed by atoms with Crippen LogP contribution in [-0.2, 0) is 19.4 Å². The standard InChI is InChI=1S/C17H22N2O/c1-2-15(18)9-13-7-8-19(11-13)12-16-10-14-5-3-4-6-17(14)20-16/h3-8,11,15-16H,2,9-10,12,18H2,1H3. The third kappa shape index (κ3) is 2.88. The maximum atomic E-state index is 6.00. The fraction of sp³-hybridized carbons (Fsp3) is 0.412. The van der Waals surface area contributed by atoms with E-state index >= 15 is 0 Å². The molecular weight excluding hydrogens is 248 g/mol. The number of ether oxygens (including phenoxy) is 1. The number of hydrogen-bond acceptors (Lipinski definition) is 2. The molecule has 0 spiro atoms. The van der Waals surface area contributed by atoms with E-state index in [2.05, 4.69) is 48.1 Å². The number of rotatable bonds is 5. The minimum absolute atomic E-state index is 0.243. The molecule has 3 nitrogen and oxygen atoms in total. The second-order valence-corrected chi connectivity index (χ2v) is 5.64. The average molecular weight is 270 g/mol. The minimum Gasteiger partial charge on any atom is -0.488 e. The van der Waals surface area contributed by atoms with E-state index in [0.717, 1.165) is 31.6 Å². The fourth-order valence-corrected chi connectivity index (χ4v) is 2.76. The summed E-state index contributed by atoms with van der Waals surface area (Å²) in [6.07, 6.45) is 7.54. The molecule has 1 aliphatic heterocycles. The monoisotopic (exact) mass is 270 g/mol. The van der Waals surface area contributed by atoms with Gasteiger partial charge in [0.1, 0.15) is 11.9 Å². The maximum absolute atomic E-state index is 6.00. The third-order valence-corrected chi connectivity index (χ3v) is 3.96. The van der Waals surface area contributed by atoms with Crippen molar-refractivity contribution in [3.63, 3.8) is 0 Å². The first-order valence-corrected chi connectivity index (χ1v) is 7.39. The first-order chi connectivity index (χ1) is 9.74. The Balaban J connectivity index is 1.60. The lowest BCUT2D eigenvalue weighted by atomic mass is 10.1. The Labute approximate surface area is 120 Å². The normalized spacial score (nSPS) is 18.6. The number of aromatic nitrogens is 1. The first kappa shape index (κ1) is 13.3. The Bertz CT molecular complexity index is 551. The molecule has 1 aromatic heterocycles. The van der Waals surface area contributed by atoms with Crippen molar-refractivity contribution in [2.24, 2.45) is 5.73 Å². The summed E-state index contributed by atoms with van der Waals surface area (Å²) < 4.78 is 8.19. The van der Waals surface area contributed by atoms with Gasteiger partial charge in [0.2, 0.25) is 0 Å². The van der Waals surface area contributed by atoms with Gasteiger partial charge in [0.05, 0.1) is 6.54 Å². The SMILES string of the molecule is CCC(N)Cc1ccn(CC2Cc3ccccc3O2)c1. The van der Waals surface area contributed by atoms with E-state index in [4.69, 9.17) is 10.5 Å². The van der Waals surface area contributed by atoms with Crippen molar-refractivity contribution >= 4 is 0 Å². The average Bonchev–Trinajstić information content (AvgIpc) is 3.05. The quantitative estimate of drug-likeness (QED) is 0.907. The van der Waals surface area contributed by atoms with E-state index < -0.39 is 0 Å². The summed E-state index contributed by atoms with van der Waals surface area (Å²) in [4.78, 5) is 0. The lowest BCUT2D eigenvalue weighted by Gasteiger charge is -2.11. The summed E-state index contributed by atoms with van der Waals surface area (Å²) in [6, 6.07) is 10.7. The van der Waals surface area contributed by atoms with Crippen molar-refractivity contribution in [1.29, 1.82) is 0 Å². The van der Waals surface area contributed by atoms with E-state index in [1.807, 2.05) is 6.07 Å². The van der Waals surface area contributed by atoms with Crippen LogP contribution in [0.5, 0.6) is 5.75 Å². The number of nitrogens with zero attached hydrogens (tertiary/aromatic N) is 1. The molecule has 2 atom stereocenters. The second kappa shape index (κ2) is 5.71. The molecule has 2 N–H and O–H groups in total. The van der Waals surface area contributed by atoms with Crippen LogP contribution in [0.25, 0.3) is 0 Å². The Hall–Kier alpha value is -1.74. The van der Waals surface area contributed by atoms with Crippen molar-refractivity contribution in [3.8, 4) is 5.75 Å². The predicted octanol–water partition coefficient (Wildman–Crippen LogP) is 2.77. The van der Waals surface area contributed by atoms with Crippen LogP contribution < -0.4 is 10.5 Å². The van der Waals surface area contributed by atoms with Crippen molar-refractivity contribution in [1.82, 2.24) is 4.57 Å². The summed E-state index contributed by atoms with van der Waals surface area (Å²) in [5, 5.41) is 0. The van der Waals surface area contributed by atoms with E-state index in [9.17, 15) is 0 Å². The van der Waals surface area contributed by atoms with Gasteiger partial charge in [-0.1, -0.05) is 25.1 Å². The van der Waals surface area contributed by atoms with Crippen LogP contribution in [-0.4, -0.2) is 16.7 Å². The van der Waals surface area contributed by atoms with Gasteiger partial charge in [-0.15, -0.1) is 0 Å². The third-order valence-electron chi connectivity index (χ3n) is 3.96. The molecule has 3 heteroatoms. The molecule has 0 saturated carbocycles. The lowest BCUT2D eigenvalue weighted by molar-refractivity contribution is 0.209. The largest absolute Gasteiger partial charge is 0.488 e. The van der Waals surface area contributed by atoms with Crippen molar-refractivity contribution in [3.05, 3.63) is 53.9 Å². The molecule has 2 aromatic rings. The summed E-state index contributed by atoms with van der Waals surface area (Å²) in [5.74, 6) is 1.04. The zero-order valence-electron chi connectivity index (χ0n) is 12.0. The molecule has 0 saturated heterocycles. The Morgan fingerprint density at radius 3 is 3.00 bits per heavy atom. The van der Waals surface area contributed by atoms with Gasteiger partial charge < -0.3 is 15.0 Å². The summed E-state index contributed by atoms with van der Waals surface area (Å²) in [6.45, 7) is 3.03. The first-order valence-electron chi connectivity index (χ1n) is 7.39. The molecule has 3 rings (SSSR count). The smallest absolute Gasteiger partial charge is 0.123 e. The van der Waals surface area contributed by atoms with Gasteiger partial charge >= 0.3 is 0 Å². The van der Waals surface area contributed by atoms with Crippen molar-refractivity contribution in [2.45, 2.75) is 44.9 Å².